The number of benzene rings is 3. The molecular formula is C32H36O5. The fourth-order valence-electron chi connectivity index (χ4n) is 7.70. The molecule has 0 heterocycles. The van der Waals surface area contributed by atoms with E-state index < -0.39 is 0 Å². The van der Waals surface area contributed by atoms with Crippen LogP contribution in [0.15, 0.2) is 54.6 Å². The summed E-state index contributed by atoms with van der Waals surface area (Å²) in [5.74, 6) is 3.12. The maximum absolute atomic E-state index is 12.0. The summed E-state index contributed by atoms with van der Waals surface area (Å²) in [6, 6.07) is 18.7. The van der Waals surface area contributed by atoms with E-state index in [1.54, 1.807) is 7.11 Å². The van der Waals surface area contributed by atoms with Crippen LogP contribution >= 0.6 is 0 Å². The lowest BCUT2D eigenvalue weighted by atomic mass is 9.48. The smallest absolute Gasteiger partial charge is 0.337 e. The molecule has 5 heteroatoms. The Balaban J connectivity index is 1.44. The van der Waals surface area contributed by atoms with E-state index in [1.165, 1.54) is 56.6 Å². The number of rotatable bonds is 8. The Hall–Kier alpha value is -2.89. The van der Waals surface area contributed by atoms with E-state index in [-0.39, 0.29) is 24.5 Å². The first kappa shape index (κ1) is 24.4. The number of carbonyl (C=O) groups is 1. The summed E-state index contributed by atoms with van der Waals surface area (Å²) in [6.07, 6.45) is 7.65. The number of methoxy groups -OCH3 is 2. The minimum atomic E-state index is -0.319. The molecule has 0 aromatic heterocycles. The van der Waals surface area contributed by atoms with Crippen LogP contribution in [0.5, 0.6) is 5.75 Å². The standard InChI is InChI=1S/C32H36O5/c1-20(34-2)36-19-37-30-14-26-5-4-6-27(24-7-9-25(10-8-24)31(33)35-3)28(26)15-29(30)32-16-21-11-22(17-32)13-23(12-21)18-32/h4-10,14-15,20-23H,11-13,16-19H2,1-3H3. The maximum Gasteiger partial charge on any atom is 0.337 e. The van der Waals surface area contributed by atoms with Gasteiger partial charge in [0, 0.05) is 12.7 Å². The monoisotopic (exact) mass is 500 g/mol. The lowest BCUT2D eigenvalue weighted by molar-refractivity contribution is -0.150. The normalized spacial score (nSPS) is 26.8. The summed E-state index contributed by atoms with van der Waals surface area (Å²) in [5, 5.41) is 2.36. The molecular weight excluding hydrogens is 464 g/mol. The van der Waals surface area contributed by atoms with E-state index in [9.17, 15) is 4.79 Å². The summed E-state index contributed by atoms with van der Waals surface area (Å²) in [7, 11) is 3.05. The van der Waals surface area contributed by atoms with Crippen molar-refractivity contribution >= 4 is 16.7 Å². The fourth-order valence-corrected chi connectivity index (χ4v) is 7.70. The molecule has 0 N–H and O–H groups in total. The van der Waals surface area contributed by atoms with Gasteiger partial charge in [-0.3, -0.25) is 0 Å². The highest BCUT2D eigenvalue weighted by Crippen LogP contribution is 2.62. The Bertz CT molecular complexity index is 1260. The Kier molecular flexibility index (Phi) is 6.46. The topological polar surface area (TPSA) is 54.0 Å². The molecule has 0 amide bonds. The zero-order chi connectivity index (χ0) is 25.6. The van der Waals surface area contributed by atoms with Gasteiger partial charge < -0.3 is 18.9 Å². The van der Waals surface area contributed by atoms with E-state index >= 15 is 0 Å². The fraction of sp³-hybridized carbons (Fsp3) is 0.469. The average Bonchev–Trinajstić information content (AvgIpc) is 2.91. The lowest BCUT2D eigenvalue weighted by Crippen LogP contribution is -2.48. The maximum atomic E-state index is 12.0. The molecule has 7 rings (SSSR count). The van der Waals surface area contributed by atoms with Crippen molar-refractivity contribution in [2.75, 3.05) is 21.0 Å². The minimum Gasteiger partial charge on any atom is -0.467 e. The van der Waals surface area contributed by atoms with Crippen LogP contribution in [0.4, 0.5) is 0 Å². The van der Waals surface area contributed by atoms with E-state index in [0.717, 1.165) is 40.0 Å². The van der Waals surface area contributed by atoms with Crippen LogP contribution in [0.1, 0.15) is 61.4 Å². The third-order valence-electron chi connectivity index (χ3n) is 9.06. The molecule has 5 nitrogen and oxygen atoms in total. The Morgan fingerprint density at radius 3 is 2.24 bits per heavy atom. The highest BCUT2D eigenvalue weighted by molar-refractivity contribution is 5.99. The molecule has 4 aliphatic carbocycles. The van der Waals surface area contributed by atoms with Gasteiger partial charge in [-0.15, -0.1) is 0 Å². The molecule has 0 spiro atoms. The third kappa shape index (κ3) is 4.53. The Morgan fingerprint density at radius 1 is 0.946 bits per heavy atom. The molecule has 1 atom stereocenters. The second-order valence-electron chi connectivity index (χ2n) is 11.4. The second kappa shape index (κ2) is 9.77. The first-order chi connectivity index (χ1) is 18.0. The van der Waals surface area contributed by atoms with Crippen LogP contribution < -0.4 is 4.74 Å². The van der Waals surface area contributed by atoms with Gasteiger partial charge in [0.1, 0.15) is 5.75 Å². The first-order valence-electron chi connectivity index (χ1n) is 13.5. The van der Waals surface area contributed by atoms with Gasteiger partial charge in [0.2, 0.25) is 0 Å². The molecule has 4 bridgehead atoms. The van der Waals surface area contributed by atoms with Gasteiger partial charge in [-0.2, -0.15) is 0 Å². The Morgan fingerprint density at radius 2 is 1.62 bits per heavy atom. The number of hydrogen-bond acceptors (Lipinski definition) is 5. The highest BCUT2D eigenvalue weighted by atomic mass is 16.7. The number of esters is 1. The van der Waals surface area contributed by atoms with Crippen molar-refractivity contribution in [3.05, 3.63) is 65.7 Å². The molecule has 37 heavy (non-hydrogen) atoms. The second-order valence-corrected chi connectivity index (χ2v) is 11.4. The van der Waals surface area contributed by atoms with E-state index in [4.69, 9.17) is 18.9 Å². The molecule has 0 aliphatic heterocycles. The molecule has 1 unspecified atom stereocenters. The summed E-state index contributed by atoms with van der Waals surface area (Å²) in [6.45, 7) is 2.04. The third-order valence-corrected chi connectivity index (χ3v) is 9.06. The van der Waals surface area contributed by atoms with Crippen molar-refractivity contribution in [3.63, 3.8) is 0 Å². The Labute approximate surface area is 219 Å². The van der Waals surface area contributed by atoms with Gasteiger partial charge in [-0.1, -0.05) is 30.3 Å². The molecule has 0 radical (unpaired) electrons. The molecule has 3 aromatic rings. The first-order valence-corrected chi connectivity index (χ1v) is 13.5. The largest absolute Gasteiger partial charge is 0.467 e. The van der Waals surface area contributed by atoms with Crippen molar-refractivity contribution in [3.8, 4) is 16.9 Å². The van der Waals surface area contributed by atoms with Gasteiger partial charge in [0.05, 0.1) is 12.7 Å². The summed E-state index contributed by atoms with van der Waals surface area (Å²) >= 11 is 0. The number of hydrogen-bond donors (Lipinski definition) is 0. The lowest BCUT2D eigenvalue weighted by Gasteiger charge is -2.57. The van der Waals surface area contributed by atoms with Gasteiger partial charge in [0.15, 0.2) is 13.1 Å². The van der Waals surface area contributed by atoms with Gasteiger partial charge >= 0.3 is 5.97 Å². The molecule has 3 aromatic carbocycles. The average molecular weight is 501 g/mol. The zero-order valence-corrected chi connectivity index (χ0v) is 22.0. The minimum absolute atomic E-state index is 0.161. The molecule has 0 saturated heterocycles. The van der Waals surface area contributed by atoms with Crippen molar-refractivity contribution in [1.82, 2.24) is 0 Å². The number of ether oxygens (including phenoxy) is 4. The predicted octanol–water partition coefficient (Wildman–Crippen LogP) is 7.11. The van der Waals surface area contributed by atoms with Crippen LogP contribution in [0.2, 0.25) is 0 Å². The van der Waals surface area contributed by atoms with Gasteiger partial charge in [0.25, 0.3) is 0 Å². The van der Waals surface area contributed by atoms with Gasteiger partial charge in [-0.05, 0) is 115 Å². The van der Waals surface area contributed by atoms with Crippen molar-refractivity contribution < 1.29 is 23.7 Å². The quantitative estimate of drug-likeness (QED) is 0.244. The van der Waals surface area contributed by atoms with Crippen molar-refractivity contribution in [2.24, 2.45) is 17.8 Å². The van der Waals surface area contributed by atoms with Crippen LogP contribution in [-0.2, 0) is 19.6 Å². The zero-order valence-electron chi connectivity index (χ0n) is 22.0. The molecule has 4 aliphatic rings. The molecule has 194 valence electrons. The SMILES string of the molecule is COC(=O)c1ccc(-c2cccc3cc(OCOC(C)OC)c(C45CC6CC(CC(C6)C4)C5)cc23)cc1. The van der Waals surface area contributed by atoms with Crippen LogP contribution in [0.25, 0.3) is 21.9 Å². The number of carbonyl (C=O) groups excluding carboxylic acids is 1. The molecule has 4 fully saturated rings. The predicted molar refractivity (Wildman–Crippen MR) is 144 cm³/mol. The van der Waals surface area contributed by atoms with Crippen molar-refractivity contribution in [1.29, 1.82) is 0 Å². The van der Waals surface area contributed by atoms with Crippen molar-refractivity contribution in [2.45, 2.75) is 57.2 Å². The van der Waals surface area contributed by atoms with Gasteiger partial charge in [-0.25, -0.2) is 4.79 Å². The summed E-state index contributed by atoms with van der Waals surface area (Å²) in [4.78, 5) is 12.0. The molecule has 4 saturated carbocycles. The van der Waals surface area contributed by atoms with E-state index in [0.29, 0.717) is 5.56 Å². The van der Waals surface area contributed by atoms with E-state index in [1.807, 2.05) is 31.2 Å². The summed E-state index contributed by atoms with van der Waals surface area (Å²) < 4.78 is 22.2. The summed E-state index contributed by atoms with van der Waals surface area (Å²) in [5.41, 5.74) is 4.32. The van der Waals surface area contributed by atoms with Crippen LogP contribution in [0.3, 0.4) is 0 Å². The van der Waals surface area contributed by atoms with Crippen LogP contribution in [0, 0.1) is 17.8 Å². The number of fused-ring (bicyclic) bond motifs is 1. The highest BCUT2D eigenvalue weighted by Gasteiger charge is 2.52. The van der Waals surface area contributed by atoms with E-state index in [2.05, 4.69) is 30.3 Å². The van der Waals surface area contributed by atoms with Crippen LogP contribution in [-0.4, -0.2) is 33.3 Å².